The first kappa shape index (κ1) is 19.2. The van der Waals surface area contributed by atoms with Crippen LogP contribution in [0.5, 0.6) is 0 Å². The summed E-state index contributed by atoms with van der Waals surface area (Å²) in [5, 5.41) is 9.10. The molecule has 2 aromatic carbocycles. The Hall–Kier alpha value is -3.55. The highest BCUT2D eigenvalue weighted by atomic mass is 19.1. The average molecular weight is 382 g/mol. The van der Waals surface area contributed by atoms with Gasteiger partial charge in [0.2, 0.25) is 23.5 Å². The predicted molar refractivity (Wildman–Crippen MR) is 99.3 cm³/mol. The lowest BCUT2D eigenvalue weighted by Crippen LogP contribution is -2.36. The van der Waals surface area contributed by atoms with E-state index in [0.717, 1.165) is 5.56 Å². The van der Waals surface area contributed by atoms with Gasteiger partial charge in [0, 0.05) is 24.9 Å². The maximum Gasteiger partial charge on any atom is 0.239 e. The van der Waals surface area contributed by atoms with Crippen LogP contribution in [-0.2, 0) is 22.6 Å². The number of hydrogen-bond acceptors (Lipinski definition) is 5. The fraction of sp³-hybridized carbons (Fsp3) is 0.200. The van der Waals surface area contributed by atoms with Gasteiger partial charge in [-0.3, -0.25) is 9.59 Å². The van der Waals surface area contributed by atoms with Gasteiger partial charge in [-0.25, -0.2) is 4.39 Å². The number of carbonyl (C=O) groups excluding carboxylic acids is 2. The maximum absolute atomic E-state index is 12.9. The zero-order valence-electron chi connectivity index (χ0n) is 15.0. The molecule has 0 aliphatic heterocycles. The highest BCUT2D eigenvalue weighted by Crippen LogP contribution is 2.16. The van der Waals surface area contributed by atoms with E-state index >= 15 is 0 Å². The van der Waals surface area contributed by atoms with Gasteiger partial charge in [0.25, 0.3) is 0 Å². The molecule has 3 aromatic rings. The summed E-state index contributed by atoms with van der Waals surface area (Å²) in [6.45, 7) is 0.306. The minimum atomic E-state index is -0.350. The van der Waals surface area contributed by atoms with E-state index in [1.54, 1.807) is 12.1 Å². The van der Waals surface area contributed by atoms with Gasteiger partial charge in [-0.2, -0.15) is 4.98 Å². The number of amides is 2. The molecule has 3 rings (SSSR count). The van der Waals surface area contributed by atoms with Crippen LogP contribution < -0.4 is 10.6 Å². The number of aryl methyl sites for hydroxylation is 1. The number of aromatic nitrogens is 2. The van der Waals surface area contributed by atoms with E-state index < -0.39 is 0 Å². The second-order valence-corrected chi connectivity index (χ2v) is 6.06. The van der Waals surface area contributed by atoms with Crippen molar-refractivity contribution in [2.45, 2.75) is 19.4 Å². The molecule has 28 heavy (non-hydrogen) atoms. The molecule has 0 aliphatic carbocycles. The maximum atomic E-state index is 12.9. The molecule has 8 heteroatoms. The Balaban J connectivity index is 1.38. The second-order valence-electron chi connectivity index (χ2n) is 6.06. The Morgan fingerprint density at radius 1 is 0.964 bits per heavy atom. The first-order chi connectivity index (χ1) is 13.6. The van der Waals surface area contributed by atoms with Crippen LogP contribution in [0.4, 0.5) is 4.39 Å². The fourth-order valence-electron chi connectivity index (χ4n) is 2.42. The van der Waals surface area contributed by atoms with Crippen molar-refractivity contribution >= 4 is 11.8 Å². The smallest absolute Gasteiger partial charge is 0.239 e. The van der Waals surface area contributed by atoms with Gasteiger partial charge in [-0.15, -0.1) is 0 Å². The van der Waals surface area contributed by atoms with Gasteiger partial charge >= 0.3 is 0 Å². The SMILES string of the molecule is O=C(CCc1nc(-c2ccc(F)cc2)no1)NCC(=O)NCc1ccccc1. The molecule has 0 spiro atoms. The summed E-state index contributed by atoms with van der Waals surface area (Å²) in [6.07, 6.45) is 0.350. The molecule has 0 saturated heterocycles. The number of benzene rings is 2. The molecule has 0 fully saturated rings. The van der Waals surface area contributed by atoms with Gasteiger partial charge in [-0.05, 0) is 29.8 Å². The van der Waals surface area contributed by atoms with Gasteiger partial charge in [-0.1, -0.05) is 35.5 Å². The normalized spacial score (nSPS) is 10.5. The summed E-state index contributed by atoms with van der Waals surface area (Å²) in [5.74, 6) is -0.291. The van der Waals surface area contributed by atoms with Crippen LogP contribution in [0.25, 0.3) is 11.4 Å². The third-order valence-corrected chi connectivity index (χ3v) is 3.92. The topological polar surface area (TPSA) is 97.1 Å². The molecular weight excluding hydrogens is 363 g/mol. The average Bonchev–Trinajstić information content (AvgIpc) is 3.19. The van der Waals surface area contributed by atoms with Crippen LogP contribution >= 0.6 is 0 Å². The number of nitrogens with zero attached hydrogens (tertiary/aromatic N) is 2. The molecule has 1 aromatic heterocycles. The van der Waals surface area contributed by atoms with Crippen molar-refractivity contribution in [1.82, 2.24) is 20.8 Å². The van der Waals surface area contributed by atoms with E-state index in [1.165, 1.54) is 12.1 Å². The molecule has 0 radical (unpaired) electrons. The minimum absolute atomic E-state index is 0.101. The summed E-state index contributed by atoms with van der Waals surface area (Å²) in [7, 11) is 0. The molecule has 0 unspecified atom stereocenters. The molecule has 0 bridgehead atoms. The molecule has 0 aliphatic rings. The highest BCUT2D eigenvalue weighted by molar-refractivity contribution is 5.84. The summed E-state index contributed by atoms with van der Waals surface area (Å²) >= 11 is 0. The summed E-state index contributed by atoms with van der Waals surface area (Å²) in [4.78, 5) is 27.9. The minimum Gasteiger partial charge on any atom is -0.350 e. The summed E-state index contributed by atoms with van der Waals surface area (Å²) < 4.78 is 18.0. The summed E-state index contributed by atoms with van der Waals surface area (Å²) in [6, 6.07) is 15.2. The Morgan fingerprint density at radius 3 is 2.46 bits per heavy atom. The van der Waals surface area contributed by atoms with Crippen molar-refractivity contribution in [3.8, 4) is 11.4 Å². The molecule has 2 amide bonds. The second kappa shape index (κ2) is 9.40. The quantitative estimate of drug-likeness (QED) is 0.623. The van der Waals surface area contributed by atoms with Crippen molar-refractivity contribution in [2.75, 3.05) is 6.54 Å². The lowest BCUT2D eigenvalue weighted by molar-refractivity contribution is -0.126. The predicted octanol–water partition coefficient (Wildman–Crippen LogP) is 2.24. The van der Waals surface area contributed by atoms with Gasteiger partial charge in [0.15, 0.2) is 0 Å². The van der Waals surface area contributed by atoms with E-state index in [9.17, 15) is 14.0 Å². The van der Waals surface area contributed by atoms with E-state index in [-0.39, 0.29) is 37.0 Å². The van der Waals surface area contributed by atoms with Gasteiger partial charge < -0.3 is 15.2 Å². The molecule has 144 valence electrons. The molecular formula is C20H19FN4O3. The zero-order valence-corrected chi connectivity index (χ0v) is 15.0. The van der Waals surface area contributed by atoms with Crippen LogP contribution in [0.2, 0.25) is 0 Å². The molecule has 1 heterocycles. The fourth-order valence-corrected chi connectivity index (χ4v) is 2.42. The molecule has 0 atom stereocenters. The van der Waals surface area contributed by atoms with Gasteiger partial charge in [0.05, 0.1) is 6.54 Å². The van der Waals surface area contributed by atoms with Crippen molar-refractivity contribution in [2.24, 2.45) is 0 Å². The highest BCUT2D eigenvalue weighted by Gasteiger charge is 2.11. The Labute approximate surface area is 161 Å². The van der Waals surface area contributed by atoms with Crippen LogP contribution in [0.3, 0.4) is 0 Å². The van der Waals surface area contributed by atoms with Crippen LogP contribution in [0.1, 0.15) is 17.9 Å². The molecule has 7 nitrogen and oxygen atoms in total. The third-order valence-electron chi connectivity index (χ3n) is 3.92. The Morgan fingerprint density at radius 2 is 1.71 bits per heavy atom. The van der Waals surface area contributed by atoms with E-state index in [1.807, 2.05) is 30.3 Å². The summed E-state index contributed by atoms with van der Waals surface area (Å²) in [5.41, 5.74) is 1.60. The van der Waals surface area contributed by atoms with Crippen LogP contribution in [0, 0.1) is 5.82 Å². The van der Waals surface area contributed by atoms with Crippen molar-refractivity contribution in [1.29, 1.82) is 0 Å². The largest absolute Gasteiger partial charge is 0.350 e. The standard InChI is InChI=1S/C20H19FN4O3/c21-16-8-6-15(7-9-16)20-24-19(28-25-20)11-10-17(26)23-13-18(27)22-12-14-4-2-1-3-5-14/h1-9H,10-13H2,(H,22,27)(H,23,26). The van der Waals surface area contributed by atoms with Crippen LogP contribution in [-0.4, -0.2) is 28.5 Å². The van der Waals surface area contributed by atoms with E-state index in [2.05, 4.69) is 20.8 Å². The van der Waals surface area contributed by atoms with Crippen molar-refractivity contribution in [3.05, 3.63) is 71.9 Å². The van der Waals surface area contributed by atoms with Crippen molar-refractivity contribution < 1.29 is 18.5 Å². The number of rotatable bonds is 8. The van der Waals surface area contributed by atoms with Gasteiger partial charge in [0.1, 0.15) is 5.82 Å². The monoisotopic (exact) mass is 382 g/mol. The Bertz CT molecular complexity index is 926. The first-order valence-corrected chi connectivity index (χ1v) is 8.76. The lowest BCUT2D eigenvalue weighted by atomic mass is 10.2. The van der Waals surface area contributed by atoms with E-state index in [0.29, 0.717) is 23.8 Å². The lowest BCUT2D eigenvalue weighted by Gasteiger charge is -2.06. The van der Waals surface area contributed by atoms with E-state index in [4.69, 9.17) is 4.52 Å². The Kier molecular flexibility index (Phi) is 6.46. The third kappa shape index (κ3) is 5.73. The number of carbonyl (C=O) groups is 2. The molecule has 2 N–H and O–H groups in total. The number of nitrogens with one attached hydrogen (secondary N) is 2. The zero-order chi connectivity index (χ0) is 19.8. The number of halogens is 1. The van der Waals surface area contributed by atoms with Crippen molar-refractivity contribution in [3.63, 3.8) is 0 Å². The first-order valence-electron chi connectivity index (χ1n) is 8.76. The number of hydrogen-bond donors (Lipinski definition) is 2. The molecule has 0 saturated carbocycles. The van der Waals surface area contributed by atoms with Crippen LogP contribution in [0.15, 0.2) is 59.1 Å².